The summed E-state index contributed by atoms with van der Waals surface area (Å²) in [6.07, 6.45) is 4.84. The number of anilines is 2. The van der Waals surface area contributed by atoms with Crippen molar-refractivity contribution in [3.05, 3.63) is 41.6 Å². The molecule has 0 atom stereocenters. The smallest absolute Gasteiger partial charge is 0.224 e. The molecule has 1 aromatic carbocycles. The minimum Gasteiger partial charge on any atom is -0.339 e. The van der Waals surface area contributed by atoms with Crippen LogP contribution in [0.25, 0.3) is 11.0 Å². The molecule has 23 heavy (non-hydrogen) atoms. The Morgan fingerprint density at radius 1 is 1.13 bits per heavy atom. The van der Waals surface area contributed by atoms with Gasteiger partial charge in [-0.1, -0.05) is 0 Å². The molecule has 1 N–H and O–H groups in total. The van der Waals surface area contributed by atoms with Crippen molar-refractivity contribution in [2.45, 2.75) is 6.92 Å². The molecule has 2 heterocycles. The molecule has 8 heteroatoms. The molecule has 0 saturated carbocycles. The van der Waals surface area contributed by atoms with Crippen molar-refractivity contribution >= 4 is 46.6 Å². The van der Waals surface area contributed by atoms with Crippen LogP contribution in [0.5, 0.6) is 0 Å². The van der Waals surface area contributed by atoms with Gasteiger partial charge in [0.15, 0.2) is 0 Å². The van der Waals surface area contributed by atoms with E-state index in [-0.39, 0.29) is 5.28 Å². The molecule has 3 aromatic rings. The topological polar surface area (TPSA) is 80.7 Å². The van der Waals surface area contributed by atoms with Crippen molar-refractivity contribution < 1.29 is 4.57 Å². The third-order valence-corrected chi connectivity index (χ3v) is 5.06. The minimum atomic E-state index is -2.61. The van der Waals surface area contributed by atoms with Gasteiger partial charge in [-0.25, -0.2) is 9.97 Å². The van der Waals surface area contributed by atoms with Gasteiger partial charge < -0.3 is 9.88 Å². The lowest BCUT2D eigenvalue weighted by Gasteiger charge is -2.17. The molecule has 6 nitrogen and oxygen atoms in total. The van der Waals surface area contributed by atoms with E-state index in [2.05, 4.69) is 25.3 Å². The van der Waals surface area contributed by atoms with Gasteiger partial charge in [0, 0.05) is 24.2 Å². The Bertz CT molecular complexity index is 940. The first-order valence-electron chi connectivity index (χ1n) is 6.91. The van der Waals surface area contributed by atoms with Crippen LogP contribution in [0.3, 0.4) is 0 Å². The first kappa shape index (κ1) is 15.8. The summed E-state index contributed by atoms with van der Waals surface area (Å²) in [5.74, 6) is 0.572. The van der Waals surface area contributed by atoms with Gasteiger partial charge in [0.25, 0.3) is 0 Å². The van der Waals surface area contributed by atoms with Crippen molar-refractivity contribution in [2.75, 3.05) is 18.6 Å². The number of hydrogen-bond acceptors (Lipinski definition) is 6. The van der Waals surface area contributed by atoms with Gasteiger partial charge in [-0.2, -0.15) is 0 Å². The lowest BCUT2D eigenvalue weighted by Crippen LogP contribution is -2.14. The minimum absolute atomic E-state index is 0.149. The average molecular weight is 348 g/mol. The molecule has 2 aromatic heterocycles. The number of halogens is 1. The van der Waals surface area contributed by atoms with Gasteiger partial charge in [-0.05, 0) is 44.0 Å². The molecule has 0 radical (unpaired) electrons. The number of rotatable bonds is 3. The van der Waals surface area contributed by atoms with Crippen molar-refractivity contribution in [3.63, 3.8) is 0 Å². The van der Waals surface area contributed by atoms with Crippen LogP contribution >= 0.6 is 18.7 Å². The van der Waals surface area contributed by atoms with Crippen LogP contribution in [-0.4, -0.2) is 33.3 Å². The normalized spacial score (nSPS) is 11.7. The van der Waals surface area contributed by atoms with Crippen molar-refractivity contribution in [1.29, 1.82) is 0 Å². The Hall–Kier alpha value is -2.04. The number of nitrogens with one attached hydrogen (secondary N) is 1. The Labute approximate surface area is 138 Å². The van der Waals surface area contributed by atoms with Crippen molar-refractivity contribution in [2.24, 2.45) is 0 Å². The van der Waals surface area contributed by atoms with Crippen LogP contribution in [0.2, 0.25) is 5.28 Å². The molecule has 0 fully saturated rings. The van der Waals surface area contributed by atoms with Crippen LogP contribution in [0.1, 0.15) is 5.56 Å². The van der Waals surface area contributed by atoms with E-state index in [4.69, 9.17) is 11.6 Å². The molecule has 0 bridgehead atoms. The summed E-state index contributed by atoms with van der Waals surface area (Å²) in [7, 11) is -2.61. The predicted octanol–water partition coefficient (Wildman–Crippen LogP) is 3.37. The first-order chi connectivity index (χ1) is 10.9. The molecule has 0 unspecified atom stereocenters. The highest BCUT2D eigenvalue weighted by Crippen LogP contribution is 2.40. The van der Waals surface area contributed by atoms with Crippen LogP contribution in [-0.2, 0) is 4.57 Å². The fraction of sp³-hybridized carbons (Fsp3) is 0.200. The lowest BCUT2D eigenvalue weighted by atomic mass is 10.2. The molecule has 0 aliphatic heterocycles. The molecule has 0 amide bonds. The standard InChI is InChI=1S/C15H15ClN5OP/c1-9-8-19-15(16)21-14(9)20-11-5-4-10-12(18-7-6-17-10)13(11)23(2,3)22/h4-8H,1-3H3,(H,19,20,21). The van der Waals surface area contributed by atoms with Gasteiger partial charge in [0.2, 0.25) is 5.28 Å². The summed E-state index contributed by atoms with van der Waals surface area (Å²) < 4.78 is 12.8. The van der Waals surface area contributed by atoms with E-state index in [1.54, 1.807) is 31.9 Å². The molecule has 3 rings (SSSR count). The number of aryl methyl sites for hydroxylation is 1. The SMILES string of the molecule is Cc1cnc(Cl)nc1Nc1ccc2nccnc2c1P(C)(C)=O. The fourth-order valence-corrected chi connectivity index (χ4v) is 3.87. The summed E-state index contributed by atoms with van der Waals surface area (Å²) in [5, 5.41) is 4.00. The van der Waals surface area contributed by atoms with E-state index in [0.29, 0.717) is 27.8 Å². The van der Waals surface area contributed by atoms with E-state index in [1.807, 2.05) is 19.1 Å². The van der Waals surface area contributed by atoms with E-state index in [1.165, 1.54) is 0 Å². The van der Waals surface area contributed by atoms with Crippen LogP contribution < -0.4 is 10.6 Å². The monoisotopic (exact) mass is 347 g/mol. The molecule has 118 valence electrons. The maximum atomic E-state index is 12.8. The maximum absolute atomic E-state index is 12.8. The lowest BCUT2D eigenvalue weighted by molar-refractivity contribution is 0.588. The number of nitrogens with zero attached hydrogens (tertiary/aromatic N) is 4. The second-order valence-electron chi connectivity index (χ2n) is 5.53. The summed E-state index contributed by atoms with van der Waals surface area (Å²) in [5.41, 5.74) is 2.85. The summed E-state index contributed by atoms with van der Waals surface area (Å²) >= 11 is 5.87. The average Bonchev–Trinajstić information content (AvgIpc) is 2.49. The Morgan fingerprint density at radius 2 is 1.87 bits per heavy atom. The predicted molar refractivity (Wildman–Crippen MR) is 93.7 cm³/mol. The Morgan fingerprint density at radius 3 is 2.61 bits per heavy atom. The zero-order chi connectivity index (χ0) is 16.6. The number of hydrogen-bond donors (Lipinski definition) is 1. The quantitative estimate of drug-likeness (QED) is 0.578. The first-order valence-corrected chi connectivity index (χ1v) is 9.89. The van der Waals surface area contributed by atoms with Gasteiger partial charge in [-0.3, -0.25) is 9.97 Å². The Balaban J connectivity index is 2.21. The summed E-state index contributed by atoms with van der Waals surface area (Å²) in [6.45, 7) is 5.29. The second-order valence-corrected chi connectivity index (χ2v) is 9.02. The van der Waals surface area contributed by atoms with Gasteiger partial charge in [-0.15, -0.1) is 0 Å². The fourth-order valence-electron chi connectivity index (χ4n) is 2.34. The van der Waals surface area contributed by atoms with Crippen LogP contribution in [0, 0.1) is 6.92 Å². The van der Waals surface area contributed by atoms with E-state index in [9.17, 15) is 4.57 Å². The highest BCUT2D eigenvalue weighted by molar-refractivity contribution is 7.71. The molecule has 0 saturated heterocycles. The van der Waals surface area contributed by atoms with Gasteiger partial charge in [0.1, 0.15) is 18.5 Å². The zero-order valence-electron chi connectivity index (χ0n) is 12.9. The van der Waals surface area contributed by atoms with E-state index in [0.717, 1.165) is 5.56 Å². The molecule has 0 aliphatic rings. The highest BCUT2D eigenvalue weighted by atomic mass is 35.5. The Kier molecular flexibility index (Phi) is 4.04. The molecule has 0 spiro atoms. The molecular weight excluding hydrogens is 333 g/mol. The van der Waals surface area contributed by atoms with E-state index >= 15 is 0 Å². The number of benzene rings is 1. The largest absolute Gasteiger partial charge is 0.339 e. The zero-order valence-corrected chi connectivity index (χ0v) is 14.6. The van der Waals surface area contributed by atoms with Gasteiger partial charge in [0.05, 0.1) is 16.5 Å². The van der Waals surface area contributed by atoms with Crippen LogP contribution in [0.15, 0.2) is 30.7 Å². The third-order valence-electron chi connectivity index (χ3n) is 3.35. The maximum Gasteiger partial charge on any atom is 0.224 e. The second kappa shape index (κ2) is 5.87. The highest BCUT2D eigenvalue weighted by Gasteiger charge is 2.22. The van der Waals surface area contributed by atoms with Crippen molar-refractivity contribution in [1.82, 2.24) is 19.9 Å². The number of fused-ring (bicyclic) bond motifs is 1. The third kappa shape index (κ3) is 3.19. The summed E-state index contributed by atoms with van der Waals surface area (Å²) in [6, 6.07) is 3.67. The molecule has 0 aliphatic carbocycles. The van der Waals surface area contributed by atoms with E-state index < -0.39 is 7.14 Å². The van der Waals surface area contributed by atoms with Gasteiger partial charge >= 0.3 is 0 Å². The molecular formula is C15H15ClN5OP. The van der Waals surface area contributed by atoms with Crippen LogP contribution in [0.4, 0.5) is 11.5 Å². The van der Waals surface area contributed by atoms with Crippen molar-refractivity contribution in [3.8, 4) is 0 Å². The summed E-state index contributed by atoms with van der Waals surface area (Å²) in [4.78, 5) is 16.8. The number of aromatic nitrogens is 4.